The van der Waals surface area contributed by atoms with Gasteiger partial charge < -0.3 is 10.3 Å². The molecule has 2 aliphatic rings. The quantitative estimate of drug-likeness (QED) is 0.308. The van der Waals surface area contributed by atoms with Gasteiger partial charge in [-0.1, -0.05) is 54.9 Å². The third-order valence-corrected chi connectivity index (χ3v) is 7.25. The zero-order valence-corrected chi connectivity index (χ0v) is 20.3. The van der Waals surface area contributed by atoms with Crippen molar-refractivity contribution in [3.63, 3.8) is 0 Å². The number of nitrogens with zero attached hydrogens (tertiary/aromatic N) is 2. The minimum absolute atomic E-state index is 0.157. The Labute approximate surface area is 204 Å². The first-order valence-electron chi connectivity index (χ1n) is 10.6. The van der Waals surface area contributed by atoms with Gasteiger partial charge in [-0.05, 0) is 59.0 Å². The standard InChI is InChI=1S/C24H22ClIN4O2/c1-13(14-5-3-2-4-6-14)21(30-23(31)20(15-7-8-15)29-24(30)32)22-27-12-19(28-22)17-10-9-16(26)11-18(17)25/h2-6,9-13,15,20-21H,7-8H2,1H3,(H,27,28)(H,29,32)/t13-,20+,21-/m0/s1. The van der Waals surface area contributed by atoms with Gasteiger partial charge in [0.1, 0.15) is 17.9 Å². The van der Waals surface area contributed by atoms with Crippen LogP contribution in [-0.4, -0.2) is 32.8 Å². The van der Waals surface area contributed by atoms with Crippen molar-refractivity contribution in [3.8, 4) is 11.3 Å². The van der Waals surface area contributed by atoms with E-state index in [2.05, 4.69) is 37.9 Å². The van der Waals surface area contributed by atoms with E-state index in [0.717, 1.165) is 33.2 Å². The van der Waals surface area contributed by atoms with E-state index >= 15 is 0 Å². The number of urea groups is 1. The van der Waals surface area contributed by atoms with Gasteiger partial charge in [0.25, 0.3) is 5.91 Å². The van der Waals surface area contributed by atoms with Crippen LogP contribution in [0.5, 0.6) is 0 Å². The molecule has 1 aromatic heterocycles. The molecule has 0 unspecified atom stereocenters. The summed E-state index contributed by atoms with van der Waals surface area (Å²) in [5.41, 5.74) is 2.60. The van der Waals surface area contributed by atoms with E-state index in [4.69, 9.17) is 11.6 Å². The zero-order valence-electron chi connectivity index (χ0n) is 17.4. The number of carbonyl (C=O) groups is 2. The average molecular weight is 561 g/mol. The molecule has 3 atom stereocenters. The Balaban J connectivity index is 1.55. The minimum atomic E-state index is -0.565. The highest BCUT2D eigenvalue weighted by atomic mass is 127. The Morgan fingerprint density at radius 3 is 2.59 bits per heavy atom. The smallest absolute Gasteiger partial charge is 0.325 e. The van der Waals surface area contributed by atoms with Gasteiger partial charge in [-0.3, -0.25) is 9.69 Å². The molecule has 1 saturated carbocycles. The van der Waals surface area contributed by atoms with E-state index < -0.39 is 12.1 Å². The first kappa shape index (κ1) is 21.5. The molecule has 2 fully saturated rings. The van der Waals surface area contributed by atoms with Crippen molar-refractivity contribution < 1.29 is 9.59 Å². The SMILES string of the molecule is C[C@@H](c1ccccc1)[C@@H](c1ncc(-c2ccc(I)cc2Cl)[nH]1)N1C(=O)N[C@H](C2CC2)C1=O. The molecule has 3 amide bonds. The highest BCUT2D eigenvalue weighted by Crippen LogP contribution is 2.41. The molecule has 1 saturated heterocycles. The number of rotatable bonds is 6. The maximum absolute atomic E-state index is 13.3. The van der Waals surface area contributed by atoms with Crippen LogP contribution in [0.15, 0.2) is 54.7 Å². The van der Waals surface area contributed by atoms with Crippen LogP contribution in [0, 0.1) is 9.49 Å². The summed E-state index contributed by atoms with van der Waals surface area (Å²) < 4.78 is 1.04. The summed E-state index contributed by atoms with van der Waals surface area (Å²) >= 11 is 8.68. The number of nitrogens with one attached hydrogen (secondary N) is 2. The van der Waals surface area contributed by atoms with E-state index in [1.54, 1.807) is 6.20 Å². The van der Waals surface area contributed by atoms with Crippen LogP contribution >= 0.6 is 34.2 Å². The Bertz CT molecular complexity index is 1180. The van der Waals surface area contributed by atoms with E-state index in [9.17, 15) is 9.59 Å². The number of hydrogen-bond donors (Lipinski definition) is 2. The van der Waals surface area contributed by atoms with E-state index in [1.165, 1.54) is 4.90 Å². The maximum Gasteiger partial charge on any atom is 0.325 e. The van der Waals surface area contributed by atoms with Crippen molar-refractivity contribution in [2.24, 2.45) is 5.92 Å². The maximum atomic E-state index is 13.3. The fourth-order valence-electron chi connectivity index (χ4n) is 4.38. The van der Waals surface area contributed by atoms with Gasteiger partial charge >= 0.3 is 6.03 Å². The highest BCUT2D eigenvalue weighted by molar-refractivity contribution is 14.1. The number of amides is 3. The zero-order chi connectivity index (χ0) is 22.4. The number of imide groups is 1. The van der Waals surface area contributed by atoms with E-state index in [0.29, 0.717) is 10.8 Å². The van der Waals surface area contributed by atoms with Gasteiger partial charge in [-0.25, -0.2) is 9.78 Å². The highest BCUT2D eigenvalue weighted by Gasteiger charge is 2.50. The molecular weight excluding hydrogens is 539 g/mol. The Morgan fingerprint density at radius 1 is 1.16 bits per heavy atom. The first-order chi connectivity index (χ1) is 15.4. The van der Waals surface area contributed by atoms with Crippen LogP contribution in [0.2, 0.25) is 5.02 Å². The third-order valence-electron chi connectivity index (χ3n) is 6.27. The van der Waals surface area contributed by atoms with Crippen molar-refractivity contribution in [1.29, 1.82) is 0 Å². The van der Waals surface area contributed by atoms with Gasteiger partial charge in [-0.2, -0.15) is 0 Å². The lowest BCUT2D eigenvalue weighted by Crippen LogP contribution is -2.38. The van der Waals surface area contributed by atoms with Crippen molar-refractivity contribution in [2.75, 3.05) is 0 Å². The second kappa shape index (κ2) is 8.51. The Hall–Kier alpha value is -2.39. The average Bonchev–Trinajstić information content (AvgIpc) is 3.44. The third kappa shape index (κ3) is 3.92. The minimum Gasteiger partial charge on any atom is -0.340 e. The lowest BCUT2D eigenvalue weighted by atomic mass is 9.91. The number of benzene rings is 2. The molecule has 164 valence electrons. The van der Waals surface area contributed by atoms with Crippen molar-refractivity contribution in [1.82, 2.24) is 20.2 Å². The van der Waals surface area contributed by atoms with Crippen LogP contribution in [0.1, 0.15) is 43.1 Å². The van der Waals surface area contributed by atoms with Gasteiger partial charge in [-0.15, -0.1) is 0 Å². The molecule has 2 N–H and O–H groups in total. The molecule has 5 rings (SSSR count). The van der Waals surface area contributed by atoms with Crippen molar-refractivity contribution in [2.45, 2.75) is 37.8 Å². The van der Waals surface area contributed by atoms with Gasteiger partial charge in [0.05, 0.1) is 16.9 Å². The monoisotopic (exact) mass is 560 g/mol. The van der Waals surface area contributed by atoms with Crippen LogP contribution in [0.25, 0.3) is 11.3 Å². The second-order valence-electron chi connectivity index (χ2n) is 8.42. The fourth-order valence-corrected chi connectivity index (χ4v) is 5.34. The van der Waals surface area contributed by atoms with Crippen molar-refractivity contribution >= 4 is 46.1 Å². The number of aromatic amines is 1. The topological polar surface area (TPSA) is 78.1 Å². The van der Waals surface area contributed by atoms with Gasteiger partial charge in [0.15, 0.2) is 0 Å². The molecule has 6 nitrogen and oxygen atoms in total. The summed E-state index contributed by atoms with van der Waals surface area (Å²) in [7, 11) is 0. The number of hydrogen-bond acceptors (Lipinski definition) is 3. The second-order valence-corrected chi connectivity index (χ2v) is 10.1. The summed E-state index contributed by atoms with van der Waals surface area (Å²) in [6, 6.07) is 14.3. The lowest BCUT2D eigenvalue weighted by molar-refractivity contribution is -0.130. The molecule has 8 heteroatoms. The molecule has 2 heterocycles. The molecule has 2 aromatic carbocycles. The molecule has 0 spiro atoms. The van der Waals surface area contributed by atoms with Gasteiger partial charge in [0, 0.05) is 15.1 Å². The van der Waals surface area contributed by atoms with Crippen LogP contribution in [-0.2, 0) is 4.79 Å². The summed E-state index contributed by atoms with van der Waals surface area (Å²) in [6.07, 6.45) is 3.66. The van der Waals surface area contributed by atoms with Gasteiger partial charge in [0.2, 0.25) is 0 Å². The van der Waals surface area contributed by atoms with Crippen LogP contribution < -0.4 is 5.32 Å². The summed E-state index contributed by atoms with van der Waals surface area (Å²) in [6.45, 7) is 2.02. The first-order valence-corrected chi connectivity index (χ1v) is 12.1. The predicted octanol–water partition coefficient (Wildman–Crippen LogP) is 5.51. The number of imidazole rings is 1. The van der Waals surface area contributed by atoms with E-state index in [1.807, 2.05) is 55.5 Å². The summed E-state index contributed by atoms with van der Waals surface area (Å²) in [5.74, 6) is 0.471. The lowest BCUT2D eigenvalue weighted by Gasteiger charge is -2.29. The summed E-state index contributed by atoms with van der Waals surface area (Å²) in [4.78, 5) is 35.6. The van der Waals surface area contributed by atoms with Crippen LogP contribution in [0.4, 0.5) is 4.79 Å². The molecule has 3 aromatic rings. The predicted molar refractivity (Wildman–Crippen MR) is 131 cm³/mol. The van der Waals surface area contributed by atoms with Crippen molar-refractivity contribution in [3.05, 3.63) is 74.7 Å². The Kier molecular flexibility index (Phi) is 5.71. The molecule has 0 bridgehead atoms. The molecule has 1 aliphatic heterocycles. The summed E-state index contributed by atoms with van der Waals surface area (Å²) in [5, 5.41) is 3.51. The normalized spacial score (nSPS) is 20.3. The fraction of sp³-hybridized carbons (Fsp3) is 0.292. The Morgan fingerprint density at radius 2 is 1.91 bits per heavy atom. The molecule has 1 aliphatic carbocycles. The number of H-pyrrole nitrogens is 1. The largest absolute Gasteiger partial charge is 0.340 e. The molecule has 32 heavy (non-hydrogen) atoms. The molecular formula is C24H22ClIN4O2. The number of carbonyl (C=O) groups excluding carboxylic acids is 2. The number of halogens is 2. The molecule has 0 radical (unpaired) electrons. The number of aromatic nitrogens is 2. The van der Waals surface area contributed by atoms with Crippen LogP contribution in [0.3, 0.4) is 0 Å². The van der Waals surface area contributed by atoms with E-state index in [-0.39, 0.29) is 23.8 Å².